The third-order valence-corrected chi connectivity index (χ3v) is 12.4. The maximum absolute atomic E-state index is 14.1. The zero-order valence-corrected chi connectivity index (χ0v) is 32.5. The van der Waals surface area contributed by atoms with Gasteiger partial charge in [0.25, 0.3) is 12.3 Å². The van der Waals surface area contributed by atoms with Crippen molar-refractivity contribution in [2.75, 3.05) is 25.0 Å². The van der Waals surface area contributed by atoms with Gasteiger partial charge in [-0.25, -0.2) is 18.6 Å². The molecular weight excluding hydrogens is 776 g/mol. The van der Waals surface area contributed by atoms with Crippen LogP contribution in [0, 0.1) is 11.8 Å². The predicted molar refractivity (Wildman–Crippen MR) is 209 cm³/mol. The number of para-hydroxylation sites is 1. The van der Waals surface area contributed by atoms with Gasteiger partial charge in [-0.2, -0.15) is 18.3 Å². The molecule has 59 heavy (non-hydrogen) atoms. The normalized spacial score (nSPS) is 21.1. The minimum Gasteiger partial charge on any atom is -0.320 e. The third-order valence-electron chi connectivity index (χ3n) is 12.4. The molecule has 0 spiro atoms. The SMILES string of the molecule is Cn1c(=O)n(C2CCC(=O)NC2=O)c2cccc(CCC3CCN(CC4CCC(n5cc6cc(NC(=O)c7cccc(C(F)(F)F)n7)c(C(F)F)cc6n5)CC4)CC3)c21. The number of rotatable bonds is 10. The number of aryl methyl sites for hydroxylation is 2. The first-order chi connectivity index (χ1) is 28.2. The Balaban J connectivity index is 0.837. The van der Waals surface area contributed by atoms with E-state index in [0.29, 0.717) is 34.7 Å². The topological polar surface area (TPSA) is 136 Å². The highest BCUT2D eigenvalue weighted by atomic mass is 19.4. The van der Waals surface area contributed by atoms with E-state index in [0.717, 1.165) is 100 Å². The highest BCUT2D eigenvalue weighted by molar-refractivity contribution is 6.04. The van der Waals surface area contributed by atoms with E-state index in [2.05, 4.69) is 31.7 Å². The number of halogens is 5. The Morgan fingerprint density at radius 2 is 1.69 bits per heavy atom. The van der Waals surface area contributed by atoms with Crippen LogP contribution < -0.4 is 16.3 Å². The number of amides is 3. The van der Waals surface area contributed by atoms with Gasteiger partial charge in [0.1, 0.15) is 17.4 Å². The number of carbonyl (C=O) groups excluding carboxylic acids is 3. The smallest absolute Gasteiger partial charge is 0.320 e. The number of imide groups is 1. The molecule has 17 heteroatoms. The van der Waals surface area contributed by atoms with E-state index in [1.165, 1.54) is 16.7 Å². The minimum absolute atomic E-state index is 0.0802. The first kappa shape index (κ1) is 40.3. The number of aromatic nitrogens is 5. The molecule has 12 nitrogen and oxygen atoms in total. The second-order valence-electron chi connectivity index (χ2n) is 16.2. The number of pyridine rings is 1. The summed E-state index contributed by atoms with van der Waals surface area (Å²) < 4.78 is 72.6. The summed E-state index contributed by atoms with van der Waals surface area (Å²) in [7, 11) is 1.74. The van der Waals surface area contributed by atoms with Gasteiger partial charge in [0.05, 0.1) is 28.3 Å². The van der Waals surface area contributed by atoms with Crippen LogP contribution in [0.2, 0.25) is 0 Å². The fraction of sp³-hybridized carbons (Fsp3) is 0.476. The lowest BCUT2D eigenvalue weighted by molar-refractivity contribution is -0.141. The standard InChI is InChI=1S/C42H45F5N8O4/c1-52-37-26(4-2-6-33(37)55(41(52)59)34-14-15-36(56)50-40(34)58)11-8-24-16-18-53(19-17-24)22-25-9-12-28(13-10-25)54-23-27-20-32(29(38(43)44)21-31(27)51-54)49-39(57)30-5-3-7-35(48-30)42(45,46)47/h2-7,20-21,23-25,28,34,38H,8-19,22H2,1H3,(H,49,57)(H,50,56,58). The van der Waals surface area contributed by atoms with Crippen molar-refractivity contribution in [1.82, 2.24) is 34.1 Å². The van der Waals surface area contributed by atoms with Crippen LogP contribution in [0.1, 0.15) is 104 Å². The maximum atomic E-state index is 14.1. The Morgan fingerprint density at radius 1 is 0.949 bits per heavy atom. The summed E-state index contributed by atoms with van der Waals surface area (Å²) >= 11 is 0. The summed E-state index contributed by atoms with van der Waals surface area (Å²) in [5, 5.41) is 9.84. The average molecular weight is 821 g/mol. The number of alkyl halides is 5. The van der Waals surface area contributed by atoms with Crippen molar-refractivity contribution in [1.29, 1.82) is 0 Å². The molecule has 312 valence electrons. The van der Waals surface area contributed by atoms with Crippen LogP contribution in [-0.4, -0.2) is 66.2 Å². The van der Waals surface area contributed by atoms with Crippen molar-refractivity contribution in [3.8, 4) is 0 Å². The Kier molecular flexibility index (Phi) is 11.1. The third kappa shape index (κ3) is 8.38. The molecule has 0 bridgehead atoms. The minimum atomic E-state index is -4.77. The monoisotopic (exact) mass is 820 g/mol. The van der Waals surface area contributed by atoms with Gasteiger partial charge >= 0.3 is 11.9 Å². The van der Waals surface area contributed by atoms with E-state index in [4.69, 9.17) is 0 Å². The van der Waals surface area contributed by atoms with Gasteiger partial charge in [0.2, 0.25) is 11.8 Å². The lowest BCUT2D eigenvalue weighted by Gasteiger charge is -2.36. The molecule has 2 saturated heterocycles. The van der Waals surface area contributed by atoms with Crippen LogP contribution in [0.25, 0.3) is 21.9 Å². The molecule has 2 N–H and O–H groups in total. The van der Waals surface area contributed by atoms with Crippen molar-refractivity contribution in [3.05, 3.63) is 87.7 Å². The van der Waals surface area contributed by atoms with Crippen molar-refractivity contribution in [2.24, 2.45) is 18.9 Å². The molecule has 1 saturated carbocycles. The van der Waals surface area contributed by atoms with Gasteiger partial charge in [0, 0.05) is 37.2 Å². The molecule has 3 amide bonds. The summed E-state index contributed by atoms with van der Waals surface area (Å²) in [6.07, 6.45) is 2.26. The molecule has 2 aromatic carbocycles. The van der Waals surface area contributed by atoms with E-state index < -0.39 is 47.4 Å². The molecule has 1 aliphatic carbocycles. The summed E-state index contributed by atoms with van der Waals surface area (Å²) in [5.74, 6) is -0.714. The second-order valence-corrected chi connectivity index (χ2v) is 16.2. The predicted octanol–water partition coefficient (Wildman–Crippen LogP) is 7.35. The molecule has 3 aromatic heterocycles. The van der Waals surface area contributed by atoms with Crippen LogP contribution in [0.3, 0.4) is 0 Å². The molecule has 8 rings (SSSR count). The molecule has 2 aliphatic heterocycles. The van der Waals surface area contributed by atoms with Crippen molar-refractivity contribution in [2.45, 2.75) is 88.9 Å². The number of anilines is 1. The maximum Gasteiger partial charge on any atom is 0.433 e. The van der Waals surface area contributed by atoms with Crippen molar-refractivity contribution in [3.63, 3.8) is 0 Å². The lowest BCUT2D eigenvalue weighted by Crippen LogP contribution is -2.44. The van der Waals surface area contributed by atoms with Crippen LogP contribution in [0.15, 0.2) is 59.5 Å². The second kappa shape index (κ2) is 16.3. The van der Waals surface area contributed by atoms with Crippen molar-refractivity contribution >= 4 is 45.3 Å². The molecule has 3 aliphatic rings. The molecule has 5 aromatic rings. The van der Waals surface area contributed by atoms with Crippen LogP contribution in [-0.2, 0) is 29.2 Å². The number of imidazole rings is 1. The summed E-state index contributed by atoms with van der Waals surface area (Å²) in [5.41, 5.74) is 0.199. The number of hydrogen-bond donors (Lipinski definition) is 2. The number of benzene rings is 2. The average Bonchev–Trinajstić information content (AvgIpc) is 3.74. The fourth-order valence-electron chi connectivity index (χ4n) is 9.21. The van der Waals surface area contributed by atoms with Gasteiger partial charge in [-0.3, -0.25) is 33.5 Å². The van der Waals surface area contributed by atoms with Crippen molar-refractivity contribution < 1.29 is 36.3 Å². The summed E-state index contributed by atoms with van der Waals surface area (Å²) in [4.78, 5) is 56.4. The number of hydrogen-bond acceptors (Lipinski definition) is 7. The van der Waals surface area contributed by atoms with Gasteiger partial charge in [-0.1, -0.05) is 18.2 Å². The number of fused-ring (bicyclic) bond motifs is 2. The van der Waals surface area contributed by atoms with Gasteiger partial charge in [-0.15, -0.1) is 0 Å². The van der Waals surface area contributed by atoms with E-state index in [9.17, 15) is 41.1 Å². The van der Waals surface area contributed by atoms with E-state index in [1.54, 1.807) is 17.8 Å². The number of nitrogens with one attached hydrogen (secondary N) is 2. The van der Waals surface area contributed by atoms with Gasteiger partial charge in [0.15, 0.2) is 0 Å². The Bertz CT molecular complexity index is 2460. The zero-order valence-electron chi connectivity index (χ0n) is 32.5. The highest BCUT2D eigenvalue weighted by Crippen LogP contribution is 2.37. The van der Waals surface area contributed by atoms with Gasteiger partial charge in [-0.05, 0) is 119 Å². The van der Waals surface area contributed by atoms with E-state index >= 15 is 0 Å². The fourth-order valence-corrected chi connectivity index (χ4v) is 9.21. The van der Waals surface area contributed by atoms with E-state index in [-0.39, 0.29) is 29.7 Å². The largest absolute Gasteiger partial charge is 0.433 e. The first-order valence-corrected chi connectivity index (χ1v) is 20.1. The van der Waals surface area contributed by atoms with Gasteiger partial charge < -0.3 is 10.2 Å². The van der Waals surface area contributed by atoms with E-state index in [1.807, 2.05) is 16.8 Å². The highest BCUT2D eigenvalue weighted by Gasteiger charge is 2.34. The molecule has 5 heterocycles. The molecule has 3 fully saturated rings. The summed E-state index contributed by atoms with van der Waals surface area (Å²) in [6, 6.07) is 10.7. The number of piperidine rings is 2. The Hall–Kier alpha value is -5.45. The Morgan fingerprint density at radius 3 is 2.41 bits per heavy atom. The lowest BCUT2D eigenvalue weighted by atomic mass is 9.84. The van der Waals surface area contributed by atoms with Crippen LogP contribution in [0.5, 0.6) is 0 Å². The Labute approximate surface area is 335 Å². The first-order valence-electron chi connectivity index (χ1n) is 20.1. The molecular formula is C42H45F5N8O4. The van der Waals surface area contributed by atoms with Crippen LogP contribution >= 0.6 is 0 Å². The van der Waals surface area contributed by atoms with Crippen LogP contribution in [0.4, 0.5) is 27.6 Å². The number of carbonyl (C=O) groups is 3. The molecule has 1 atom stereocenters. The quantitative estimate of drug-likeness (QED) is 0.111. The molecule has 1 unspecified atom stereocenters. The number of nitrogens with zero attached hydrogens (tertiary/aromatic N) is 6. The number of likely N-dealkylation sites (tertiary alicyclic amines) is 1. The zero-order chi connectivity index (χ0) is 41.6. The molecule has 0 radical (unpaired) electrons. The summed E-state index contributed by atoms with van der Waals surface area (Å²) in [6.45, 7) is 3.04.